The first-order chi connectivity index (χ1) is 14.9. The smallest absolute Gasteiger partial charge is 0.339 e. The van der Waals surface area contributed by atoms with Gasteiger partial charge < -0.3 is 14.5 Å². The van der Waals surface area contributed by atoms with Gasteiger partial charge in [0, 0.05) is 12.1 Å². The molecule has 1 aromatic heterocycles. The standard InChI is InChI=1S/C22H15N3O6/c1-30-22(27)16-6-2-4-8-18(16)24-21(26)14(13-23)12-15-10-11-20(31-15)17-7-3-5-9-19(17)25(28)29/h2-12H,1H3,(H,24,26)/b14-12+. The predicted molar refractivity (Wildman–Crippen MR) is 111 cm³/mol. The Hall–Kier alpha value is -4.71. The van der Waals surface area contributed by atoms with Crippen molar-refractivity contribution in [3.8, 4) is 17.4 Å². The van der Waals surface area contributed by atoms with E-state index in [4.69, 9.17) is 4.42 Å². The SMILES string of the molecule is COC(=O)c1ccccc1NC(=O)/C(C#N)=C/c1ccc(-c2ccccc2[N+](=O)[O-])o1. The van der Waals surface area contributed by atoms with Gasteiger partial charge in [-0.25, -0.2) is 4.79 Å². The lowest BCUT2D eigenvalue weighted by molar-refractivity contribution is -0.384. The van der Waals surface area contributed by atoms with Gasteiger partial charge in [0.25, 0.3) is 11.6 Å². The molecule has 0 aliphatic rings. The summed E-state index contributed by atoms with van der Waals surface area (Å²) in [6.45, 7) is 0. The van der Waals surface area contributed by atoms with Crippen molar-refractivity contribution < 1.29 is 23.7 Å². The first-order valence-corrected chi connectivity index (χ1v) is 8.88. The molecule has 0 saturated carbocycles. The molecule has 0 unspecified atom stereocenters. The molecule has 0 spiro atoms. The molecule has 9 nitrogen and oxygen atoms in total. The molecule has 3 aromatic rings. The highest BCUT2D eigenvalue weighted by atomic mass is 16.6. The quantitative estimate of drug-likeness (QED) is 0.209. The Morgan fingerprint density at radius 2 is 1.84 bits per heavy atom. The van der Waals surface area contributed by atoms with Crippen molar-refractivity contribution in [1.82, 2.24) is 0 Å². The number of carbonyl (C=O) groups is 2. The summed E-state index contributed by atoms with van der Waals surface area (Å²) < 4.78 is 10.3. The van der Waals surface area contributed by atoms with Crippen LogP contribution in [-0.2, 0) is 9.53 Å². The lowest BCUT2D eigenvalue weighted by atomic mass is 10.1. The maximum atomic E-state index is 12.5. The minimum Gasteiger partial charge on any atom is -0.465 e. The molecule has 0 atom stereocenters. The number of anilines is 1. The Labute approximate surface area is 176 Å². The third-order valence-electron chi connectivity index (χ3n) is 4.23. The third-order valence-corrected chi connectivity index (χ3v) is 4.23. The summed E-state index contributed by atoms with van der Waals surface area (Å²) in [6, 6.07) is 17.0. The summed E-state index contributed by atoms with van der Waals surface area (Å²) in [5.74, 6) is -1.03. The van der Waals surface area contributed by atoms with Gasteiger partial charge in [-0.15, -0.1) is 0 Å². The van der Waals surface area contributed by atoms with Crippen LogP contribution in [-0.4, -0.2) is 23.9 Å². The second-order valence-electron chi connectivity index (χ2n) is 6.14. The lowest BCUT2D eigenvalue weighted by Crippen LogP contribution is -2.16. The number of nitrogens with zero attached hydrogens (tertiary/aromatic N) is 2. The molecule has 0 radical (unpaired) electrons. The average Bonchev–Trinajstić information content (AvgIpc) is 3.25. The van der Waals surface area contributed by atoms with Gasteiger partial charge in [-0.1, -0.05) is 24.3 Å². The molecule has 0 saturated heterocycles. The molecule has 154 valence electrons. The number of esters is 1. The number of carbonyl (C=O) groups excluding carboxylic acids is 2. The summed E-state index contributed by atoms with van der Waals surface area (Å²) in [5.41, 5.74) is 0.156. The molecular weight excluding hydrogens is 402 g/mol. The van der Waals surface area contributed by atoms with E-state index < -0.39 is 16.8 Å². The van der Waals surface area contributed by atoms with E-state index in [0.717, 1.165) is 0 Å². The molecule has 0 aliphatic heterocycles. The first-order valence-electron chi connectivity index (χ1n) is 8.88. The summed E-state index contributed by atoms with van der Waals surface area (Å²) in [6.07, 6.45) is 1.20. The van der Waals surface area contributed by atoms with E-state index in [0.29, 0.717) is 0 Å². The molecule has 1 amide bonds. The molecule has 2 aromatic carbocycles. The Bertz CT molecular complexity index is 1240. The number of nitro benzene ring substituents is 1. The highest BCUT2D eigenvalue weighted by Crippen LogP contribution is 2.31. The van der Waals surface area contributed by atoms with Gasteiger partial charge in [-0.2, -0.15) is 5.26 Å². The predicted octanol–water partition coefficient (Wildman–Crippen LogP) is 4.19. The third kappa shape index (κ3) is 4.65. The van der Waals surface area contributed by atoms with Crippen LogP contribution >= 0.6 is 0 Å². The Morgan fingerprint density at radius 1 is 1.13 bits per heavy atom. The van der Waals surface area contributed by atoms with E-state index in [1.54, 1.807) is 24.3 Å². The highest BCUT2D eigenvalue weighted by Gasteiger charge is 2.19. The van der Waals surface area contributed by atoms with Crippen LogP contribution in [0.25, 0.3) is 17.4 Å². The minimum atomic E-state index is -0.762. The molecule has 0 aliphatic carbocycles. The van der Waals surface area contributed by atoms with Crippen molar-refractivity contribution in [2.75, 3.05) is 12.4 Å². The fourth-order valence-corrected chi connectivity index (χ4v) is 2.78. The van der Waals surface area contributed by atoms with Crippen LogP contribution < -0.4 is 5.32 Å². The fraction of sp³-hybridized carbons (Fsp3) is 0.0455. The average molecular weight is 417 g/mol. The summed E-state index contributed by atoms with van der Waals surface area (Å²) in [7, 11) is 1.22. The van der Waals surface area contributed by atoms with Crippen molar-refractivity contribution >= 4 is 29.3 Å². The van der Waals surface area contributed by atoms with Crippen molar-refractivity contribution in [3.05, 3.63) is 87.7 Å². The van der Waals surface area contributed by atoms with Crippen LogP contribution in [0.3, 0.4) is 0 Å². The van der Waals surface area contributed by atoms with Gasteiger partial charge in [0.05, 0.1) is 28.8 Å². The number of nitro groups is 1. The Balaban J connectivity index is 1.87. The van der Waals surface area contributed by atoms with Gasteiger partial charge in [-0.05, 0) is 30.3 Å². The van der Waals surface area contributed by atoms with Gasteiger partial charge in [0.1, 0.15) is 23.2 Å². The zero-order valence-electron chi connectivity index (χ0n) is 16.2. The van der Waals surface area contributed by atoms with E-state index in [9.17, 15) is 25.0 Å². The summed E-state index contributed by atoms with van der Waals surface area (Å²) in [4.78, 5) is 35.1. The number of hydrogen-bond donors (Lipinski definition) is 1. The van der Waals surface area contributed by atoms with Crippen molar-refractivity contribution in [3.63, 3.8) is 0 Å². The number of methoxy groups -OCH3 is 1. The number of nitriles is 1. The van der Waals surface area contributed by atoms with E-state index >= 15 is 0 Å². The Morgan fingerprint density at radius 3 is 2.55 bits per heavy atom. The van der Waals surface area contributed by atoms with Crippen LogP contribution in [0.4, 0.5) is 11.4 Å². The zero-order chi connectivity index (χ0) is 22.4. The maximum absolute atomic E-state index is 12.5. The van der Waals surface area contributed by atoms with Crippen LogP contribution in [0.1, 0.15) is 16.1 Å². The van der Waals surface area contributed by atoms with Crippen LogP contribution in [0, 0.1) is 21.4 Å². The van der Waals surface area contributed by atoms with E-state index in [-0.39, 0.29) is 39.6 Å². The van der Waals surface area contributed by atoms with E-state index in [1.807, 2.05) is 0 Å². The summed E-state index contributed by atoms with van der Waals surface area (Å²) >= 11 is 0. The number of furan rings is 1. The molecule has 1 N–H and O–H groups in total. The maximum Gasteiger partial charge on any atom is 0.339 e. The van der Waals surface area contributed by atoms with Crippen molar-refractivity contribution in [1.29, 1.82) is 5.26 Å². The molecule has 9 heteroatoms. The van der Waals surface area contributed by atoms with Gasteiger partial charge in [0.2, 0.25) is 0 Å². The molecule has 31 heavy (non-hydrogen) atoms. The van der Waals surface area contributed by atoms with Gasteiger partial charge in [-0.3, -0.25) is 14.9 Å². The van der Waals surface area contributed by atoms with Crippen LogP contribution in [0.15, 0.2) is 70.7 Å². The van der Waals surface area contributed by atoms with E-state index in [2.05, 4.69) is 10.1 Å². The highest BCUT2D eigenvalue weighted by molar-refractivity contribution is 6.11. The zero-order valence-corrected chi connectivity index (χ0v) is 16.2. The number of hydrogen-bond acceptors (Lipinski definition) is 7. The second-order valence-corrected chi connectivity index (χ2v) is 6.14. The molecule has 0 fully saturated rings. The molecule has 1 heterocycles. The molecular formula is C22H15N3O6. The lowest BCUT2D eigenvalue weighted by Gasteiger charge is -2.08. The van der Waals surface area contributed by atoms with Crippen LogP contribution in [0.5, 0.6) is 0 Å². The molecule has 0 bridgehead atoms. The van der Waals surface area contributed by atoms with Crippen molar-refractivity contribution in [2.24, 2.45) is 0 Å². The number of amides is 1. The fourth-order valence-electron chi connectivity index (χ4n) is 2.78. The number of ether oxygens (including phenoxy) is 1. The minimum absolute atomic E-state index is 0.132. The van der Waals surface area contributed by atoms with Gasteiger partial charge in [0.15, 0.2) is 0 Å². The van der Waals surface area contributed by atoms with Gasteiger partial charge >= 0.3 is 5.97 Å². The number of benzene rings is 2. The second kappa shape index (κ2) is 9.19. The van der Waals surface area contributed by atoms with E-state index in [1.165, 1.54) is 55.7 Å². The largest absolute Gasteiger partial charge is 0.465 e. The van der Waals surface area contributed by atoms with Crippen LogP contribution in [0.2, 0.25) is 0 Å². The normalized spacial score (nSPS) is 10.8. The number of para-hydroxylation sites is 2. The molecule has 3 rings (SSSR count). The monoisotopic (exact) mass is 417 g/mol. The number of nitrogens with one attached hydrogen (secondary N) is 1. The summed E-state index contributed by atoms with van der Waals surface area (Å²) in [5, 5.41) is 23.1. The first kappa shape index (κ1) is 21.0. The number of rotatable bonds is 6. The van der Waals surface area contributed by atoms with Crippen molar-refractivity contribution in [2.45, 2.75) is 0 Å². The Kier molecular flexibility index (Phi) is 6.23. The topological polar surface area (TPSA) is 135 Å².